The van der Waals surface area contributed by atoms with Crippen LogP contribution in [0.4, 0.5) is 0 Å². The first-order valence-corrected chi connectivity index (χ1v) is 8.49. The molecule has 132 valence electrons. The monoisotopic (exact) mass is 340 g/mol. The van der Waals surface area contributed by atoms with Crippen molar-refractivity contribution in [2.75, 3.05) is 6.61 Å². The molecule has 0 saturated carbocycles. The first kappa shape index (κ1) is 18.7. The molecule has 0 saturated heterocycles. The van der Waals surface area contributed by atoms with Crippen molar-refractivity contribution in [3.63, 3.8) is 0 Å². The highest BCUT2D eigenvalue weighted by atomic mass is 16.5. The SMILES string of the molecule is CCCCCOc1ccc(/C=N\NC(=O)C(O)c2ccccc2)cc1. The molecule has 2 aromatic carbocycles. The molecule has 0 fully saturated rings. The molecule has 5 nitrogen and oxygen atoms in total. The van der Waals surface area contributed by atoms with Crippen molar-refractivity contribution in [1.29, 1.82) is 0 Å². The molecule has 2 N–H and O–H groups in total. The first-order valence-electron chi connectivity index (χ1n) is 8.49. The van der Waals surface area contributed by atoms with Crippen molar-refractivity contribution >= 4 is 12.1 Å². The second kappa shape index (κ2) is 10.3. The number of amides is 1. The standard InChI is InChI=1S/C20H24N2O3/c1-2-3-7-14-25-18-12-10-16(11-13-18)15-21-22-20(24)19(23)17-8-5-4-6-9-17/h4-6,8-13,15,19,23H,2-3,7,14H2,1H3,(H,22,24)/b21-15-. The average Bonchev–Trinajstić information content (AvgIpc) is 2.66. The van der Waals surface area contributed by atoms with Gasteiger partial charge in [0.15, 0.2) is 6.10 Å². The third-order valence-corrected chi connectivity index (χ3v) is 3.65. The number of hydrogen-bond acceptors (Lipinski definition) is 4. The molecule has 25 heavy (non-hydrogen) atoms. The summed E-state index contributed by atoms with van der Waals surface area (Å²) < 4.78 is 5.64. The minimum atomic E-state index is -1.24. The molecular formula is C20H24N2O3. The number of carbonyl (C=O) groups excluding carboxylic acids is 1. The summed E-state index contributed by atoms with van der Waals surface area (Å²) in [6.07, 6.45) is 3.67. The number of aliphatic hydroxyl groups is 1. The van der Waals surface area contributed by atoms with Crippen LogP contribution in [0, 0.1) is 0 Å². The van der Waals surface area contributed by atoms with Crippen LogP contribution in [0.25, 0.3) is 0 Å². The van der Waals surface area contributed by atoms with E-state index in [1.807, 2.05) is 30.3 Å². The Morgan fingerprint density at radius 3 is 2.56 bits per heavy atom. The molecule has 0 aromatic heterocycles. The molecule has 1 atom stereocenters. The number of hydrogen-bond donors (Lipinski definition) is 2. The van der Waals surface area contributed by atoms with Crippen molar-refractivity contribution in [2.45, 2.75) is 32.3 Å². The molecule has 2 rings (SSSR count). The van der Waals surface area contributed by atoms with E-state index in [4.69, 9.17) is 4.74 Å². The number of hydrazone groups is 1. The number of rotatable bonds is 9. The number of unbranched alkanes of at least 4 members (excludes halogenated alkanes) is 2. The van der Waals surface area contributed by atoms with Crippen LogP contribution in [0.15, 0.2) is 59.7 Å². The highest BCUT2D eigenvalue weighted by Gasteiger charge is 2.15. The average molecular weight is 340 g/mol. The maximum Gasteiger partial charge on any atom is 0.273 e. The zero-order valence-electron chi connectivity index (χ0n) is 14.4. The molecule has 1 amide bonds. The lowest BCUT2D eigenvalue weighted by molar-refractivity contribution is -0.129. The maximum atomic E-state index is 11.9. The van der Waals surface area contributed by atoms with E-state index >= 15 is 0 Å². The van der Waals surface area contributed by atoms with E-state index in [0.717, 1.165) is 17.7 Å². The zero-order valence-corrected chi connectivity index (χ0v) is 14.4. The van der Waals surface area contributed by atoms with Crippen molar-refractivity contribution in [2.24, 2.45) is 5.10 Å². The molecule has 0 aliphatic heterocycles. The molecule has 0 aliphatic rings. The predicted molar refractivity (Wildman–Crippen MR) is 98.6 cm³/mol. The number of nitrogens with one attached hydrogen (secondary N) is 1. The Morgan fingerprint density at radius 2 is 1.88 bits per heavy atom. The summed E-state index contributed by atoms with van der Waals surface area (Å²) in [5, 5.41) is 13.8. The van der Waals surface area contributed by atoms with Gasteiger partial charge in [-0.2, -0.15) is 5.10 Å². The molecule has 0 radical (unpaired) electrons. The number of carbonyl (C=O) groups is 1. The van der Waals surface area contributed by atoms with Crippen LogP contribution in [0.1, 0.15) is 43.4 Å². The third-order valence-electron chi connectivity index (χ3n) is 3.65. The molecular weight excluding hydrogens is 316 g/mol. The lowest BCUT2D eigenvalue weighted by Crippen LogP contribution is -2.25. The van der Waals surface area contributed by atoms with Crippen molar-refractivity contribution < 1.29 is 14.6 Å². The van der Waals surface area contributed by atoms with Crippen molar-refractivity contribution in [3.05, 3.63) is 65.7 Å². The van der Waals surface area contributed by atoms with Gasteiger partial charge >= 0.3 is 0 Å². The van der Waals surface area contributed by atoms with Gasteiger partial charge in [0.2, 0.25) is 0 Å². The summed E-state index contributed by atoms with van der Waals surface area (Å²) in [4.78, 5) is 11.9. The van der Waals surface area contributed by atoms with Gasteiger partial charge in [-0.25, -0.2) is 5.43 Å². The van der Waals surface area contributed by atoms with E-state index in [1.165, 1.54) is 19.1 Å². The molecule has 0 spiro atoms. The number of benzene rings is 2. The summed E-state index contributed by atoms with van der Waals surface area (Å²) in [6.45, 7) is 2.88. The van der Waals surface area contributed by atoms with Crippen molar-refractivity contribution in [3.8, 4) is 5.75 Å². The number of aliphatic hydroxyl groups excluding tert-OH is 1. The van der Waals surface area contributed by atoms with Gasteiger partial charge in [0.05, 0.1) is 12.8 Å². The van der Waals surface area contributed by atoms with Crippen LogP contribution in [-0.2, 0) is 4.79 Å². The normalized spacial score (nSPS) is 12.1. The van der Waals surface area contributed by atoms with Gasteiger partial charge in [-0.05, 0) is 41.8 Å². The van der Waals surface area contributed by atoms with E-state index in [1.54, 1.807) is 24.3 Å². The highest BCUT2D eigenvalue weighted by molar-refractivity contribution is 5.85. The Hall–Kier alpha value is -2.66. The summed E-state index contributed by atoms with van der Waals surface area (Å²) in [6, 6.07) is 16.2. The second-order valence-corrected chi connectivity index (χ2v) is 5.67. The summed E-state index contributed by atoms with van der Waals surface area (Å²) in [5.74, 6) is 0.245. The van der Waals surface area contributed by atoms with Crippen LogP contribution in [0.3, 0.4) is 0 Å². The Bertz CT molecular complexity index is 669. The van der Waals surface area contributed by atoms with Crippen molar-refractivity contribution in [1.82, 2.24) is 5.43 Å². The van der Waals surface area contributed by atoms with Gasteiger partial charge in [-0.15, -0.1) is 0 Å². The Labute approximate surface area is 148 Å². The van der Waals surface area contributed by atoms with Gasteiger partial charge in [0.1, 0.15) is 5.75 Å². The fourth-order valence-electron chi connectivity index (χ4n) is 2.21. The van der Waals surface area contributed by atoms with Gasteiger partial charge in [-0.3, -0.25) is 4.79 Å². The third kappa shape index (κ3) is 6.39. The second-order valence-electron chi connectivity index (χ2n) is 5.67. The van der Waals surface area contributed by atoms with Crippen LogP contribution >= 0.6 is 0 Å². The quantitative estimate of drug-likeness (QED) is 0.417. The Kier molecular flexibility index (Phi) is 7.66. The molecule has 1 unspecified atom stereocenters. The minimum Gasteiger partial charge on any atom is -0.494 e. The van der Waals surface area contributed by atoms with Crippen LogP contribution < -0.4 is 10.2 Å². The predicted octanol–water partition coefficient (Wildman–Crippen LogP) is 3.44. The van der Waals surface area contributed by atoms with E-state index < -0.39 is 12.0 Å². The lowest BCUT2D eigenvalue weighted by Gasteiger charge is -2.08. The molecule has 5 heteroatoms. The van der Waals surface area contributed by atoms with Gasteiger partial charge < -0.3 is 9.84 Å². The summed E-state index contributed by atoms with van der Waals surface area (Å²) in [7, 11) is 0. The number of ether oxygens (including phenoxy) is 1. The van der Waals surface area contributed by atoms with E-state index in [2.05, 4.69) is 17.5 Å². The highest BCUT2D eigenvalue weighted by Crippen LogP contribution is 2.13. The Balaban J connectivity index is 1.80. The lowest BCUT2D eigenvalue weighted by atomic mass is 10.1. The topological polar surface area (TPSA) is 70.9 Å². The summed E-state index contributed by atoms with van der Waals surface area (Å²) >= 11 is 0. The Morgan fingerprint density at radius 1 is 1.16 bits per heavy atom. The molecule has 2 aromatic rings. The first-order chi connectivity index (χ1) is 12.2. The molecule has 0 aliphatic carbocycles. The smallest absolute Gasteiger partial charge is 0.273 e. The molecule has 0 bridgehead atoms. The van der Waals surface area contributed by atoms with E-state index in [0.29, 0.717) is 12.2 Å². The van der Waals surface area contributed by atoms with E-state index in [-0.39, 0.29) is 0 Å². The molecule has 0 heterocycles. The summed E-state index contributed by atoms with van der Waals surface area (Å²) in [5.41, 5.74) is 3.70. The maximum absolute atomic E-state index is 11.9. The van der Waals surface area contributed by atoms with Gasteiger partial charge in [0.25, 0.3) is 5.91 Å². The fraction of sp³-hybridized carbons (Fsp3) is 0.300. The zero-order chi connectivity index (χ0) is 17.9. The minimum absolute atomic E-state index is 0.528. The van der Waals surface area contributed by atoms with E-state index in [9.17, 15) is 9.90 Å². The fourth-order valence-corrected chi connectivity index (χ4v) is 2.21. The van der Waals surface area contributed by atoms with Crippen LogP contribution in [-0.4, -0.2) is 23.8 Å². The van der Waals surface area contributed by atoms with Gasteiger partial charge in [0, 0.05) is 0 Å². The number of nitrogens with zero attached hydrogens (tertiary/aromatic N) is 1. The van der Waals surface area contributed by atoms with Crippen LogP contribution in [0.2, 0.25) is 0 Å². The van der Waals surface area contributed by atoms with Crippen LogP contribution in [0.5, 0.6) is 5.75 Å². The van der Waals surface area contributed by atoms with Gasteiger partial charge in [-0.1, -0.05) is 50.1 Å². The largest absolute Gasteiger partial charge is 0.494 e.